The first-order valence-corrected chi connectivity index (χ1v) is 6.15. The molecule has 0 rings (SSSR count). The predicted octanol–water partition coefficient (Wildman–Crippen LogP) is 2.90. The Hall–Kier alpha value is -1.06. The van der Waals surface area contributed by atoms with Gasteiger partial charge in [0, 0.05) is 6.42 Å². The van der Waals surface area contributed by atoms with Gasteiger partial charge in [0.1, 0.15) is 0 Å². The number of esters is 2. The molecule has 17 heavy (non-hydrogen) atoms. The molecule has 0 saturated carbocycles. The summed E-state index contributed by atoms with van der Waals surface area (Å²) in [5, 5.41) is 0. The van der Waals surface area contributed by atoms with Crippen molar-refractivity contribution < 1.29 is 19.1 Å². The van der Waals surface area contributed by atoms with Gasteiger partial charge in [-0.2, -0.15) is 0 Å². The number of ether oxygens (including phenoxy) is 2. The molecule has 0 amide bonds. The zero-order chi connectivity index (χ0) is 13.5. The third-order valence-corrected chi connectivity index (χ3v) is 3.11. The molecule has 0 N–H and O–H groups in total. The predicted molar refractivity (Wildman–Crippen MR) is 65.2 cm³/mol. The van der Waals surface area contributed by atoms with Crippen LogP contribution in [0, 0.1) is 11.3 Å². The van der Waals surface area contributed by atoms with Crippen LogP contribution in [0.25, 0.3) is 0 Å². The number of rotatable bonds is 7. The molecular weight excluding hydrogens is 220 g/mol. The summed E-state index contributed by atoms with van der Waals surface area (Å²) < 4.78 is 9.74. The third kappa shape index (κ3) is 5.71. The molecule has 0 bridgehead atoms. The van der Waals surface area contributed by atoms with Crippen molar-refractivity contribution in [1.82, 2.24) is 0 Å². The molecule has 4 heteroatoms. The van der Waals surface area contributed by atoms with E-state index in [2.05, 4.69) is 0 Å². The van der Waals surface area contributed by atoms with Crippen molar-refractivity contribution >= 4 is 11.9 Å². The van der Waals surface area contributed by atoms with E-state index >= 15 is 0 Å². The lowest BCUT2D eigenvalue weighted by molar-refractivity contribution is -0.175. The molecule has 100 valence electrons. The van der Waals surface area contributed by atoms with Crippen LogP contribution in [0.4, 0.5) is 0 Å². The van der Waals surface area contributed by atoms with Gasteiger partial charge in [0.15, 0.2) is 0 Å². The Balaban J connectivity index is 3.90. The van der Waals surface area contributed by atoms with E-state index in [4.69, 9.17) is 9.47 Å². The van der Waals surface area contributed by atoms with E-state index in [0.29, 0.717) is 6.42 Å². The maximum atomic E-state index is 11.7. The molecule has 0 atom stereocenters. The molecule has 0 aromatic carbocycles. The second-order valence-corrected chi connectivity index (χ2v) is 5.05. The number of hydrogen-bond acceptors (Lipinski definition) is 4. The SMILES string of the molecule is CCCCC(=O)OCOC(=O)C(C)(C)C(C)C. The lowest BCUT2D eigenvalue weighted by Crippen LogP contribution is -2.32. The van der Waals surface area contributed by atoms with Gasteiger partial charge in [-0.15, -0.1) is 0 Å². The van der Waals surface area contributed by atoms with E-state index in [0.717, 1.165) is 12.8 Å². The lowest BCUT2D eigenvalue weighted by Gasteiger charge is -2.26. The first-order chi connectivity index (χ1) is 7.82. The van der Waals surface area contributed by atoms with Gasteiger partial charge in [-0.25, -0.2) is 0 Å². The minimum atomic E-state index is -0.560. The number of unbranched alkanes of at least 4 members (excludes halogenated alkanes) is 1. The maximum absolute atomic E-state index is 11.7. The van der Waals surface area contributed by atoms with Gasteiger partial charge in [0.25, 0.3) is 0 Å². The fraction of sp³-hybridized carbons (Fsp3) is 0.846. The first kappa shape index (κ1) is 15.9. The number of hydrogen-bond donors (Lipinski definition) is 0. The van der Waals surface area contributed by atoms with Crippen LogP contribution in [-0.4, -0.2) is 18.7 Å². The van der Waals surface area contributed by atoms with E-state index in [-0.39, 0.29) is 24.6 Å². The van der Waals surface area contributed by atoms with E-state index in [1.54, 1.807) is 0 Å². The van der Waals surface area contributed by atoms with Crippen molar-refractivity contribution in [2.45, 2.75) is 53.9 Å². The number of carbonyl (C=O) groups is 2. The van der Waals surface area contributed by atoms with Crippen LogP contribution < -0.4 is 0 Å². The lowest BCUT2D eigenvalue weighted by atomic mass is 9.81. The minimum Gasteiger partial charge on any atom is -0.428 e. The normalized spacial score (nSPS) is 11.4. The van der Waals surface area contributed by atoms with Gasteiger partial charge < -0.3 is 9.47 Å². The van der Waals surface area contributed by atoms with Gasteiger partial charge in [-0.05, 0) is 26.2 Å². The Kier molecular flexibility index (Phi) is 6.85. The summed E-state index contributed by atoms with van der Waals surface area (Å²) in [7, 11) is 0. The zero-order valence-corrected chi connectivity index (χ0v) is 11.5. The van der Waals surface area contributed by atoms with Crippen LogP contribution in [0.2, 0.25) is 0 Å². The van der Waals surface area contributed by atoms with Crippen LogP contribution in [0.3, 0.4) is 0 Å². The summed E-state index contributed by atoms with van der Waals surface area (Å²) >= 11 is 0. The number of carbonyl (C=O) groups excluding carboxylic acids is 2. The second-order valence-electron chi connectivity index (χ2n) is 5.05. The van der Waals surface area contributed by atoms with Crippen molar-refractivity contribution in [2.24, 2.45) is 11.3 Å². The van der Waals surface area contributed by atoms with E-state index in [1.807, 2.05) is 34.6 Å². The molecule has 0 saturated heterocycles. The molecule has 4 nitrogen and oxygen atoms in total. The van der Waals surface area contributed by atoms with Crippen molar-refractivity contribution in [3.05, 3.63) is 0 Å². The average molecular weight is 244 g/mol. The highest BCUT2D eigenvalue weighted by Crippen LogP contribution is 2.27. The molecule has 0 aliphatic heterocycles. The van der Waals surface area contributed by atoms with Crippen molar-refractivity contribution in [3.8, 4) is 0 Å². The zero-order valence-electron chi connectivity index (χ0n) is 11.5. The van der Waals surface area contributed by atoms with Gasteiger partial charge in [0.2, 0.25) is 6.79 Å². The van der Waals surface area contributed by atoms with Gasteiger partial charge in [-0.1, -0.05) is 27.2 Å². The molecular formula is C13H24O4. The topological polar surface area (TPSA) is 52.6 Å². The minimum absolute atomic E-state index is 0.172. The Labute approximate surface area is 104 Å². The molecule has 0 fully saturated rings. The Morgan fingerprint density at radius 2 is 1.76 bits per heavy atom. The molecule has 0 unspecified atom stereocenters. The largest absolute Gasteiger partial charge is 0.428 e. The highest BCUT2D eigenvalue weighted by Gasteiger charge is 2.33. The van der Waals surface area contributed by atoms with Crippen LogP contribution in [0.1, 0.15) is 53.9 Å². The Bertz CT molecular complexity index is 256. The fourth-order valence-electron chi connectivity index (χ4n) is 0.964. The first-order valence-electron chi connectivity index (χ1n) is 6.15. The van der Waals surface area contributed by atoms with Crippen LogP contribution >= 0.6 is 0 Å². The van der Waals surface area contributed by atoms with Crippen LogP contribution in [-0.2, 0) is 19.1 Å². The van der Waals surface area contributed by atoms with Gasteiger partial charge in [0.05, 0.1) is 5.41 Å². The highest BCUT2D eigenvalue weighted by molar-refractivity contribution is 5.76. The molecule has 0 radical (unpaired) electrons. The van der Waals surface area contributed by atoms with Crippen molar-refractivity contribution in [1.29, 1.82) is 0 Å². The van der Waals surface area contributed by atoms with E-state index in [9.17, 15) is 9.59 Å². The molecule has 0 aliphatic carbocycles. The van der Waals surface area contributed by atoms with Crippen molar-refractivity contribution in [3.63, 3.8) is 0 Å². The van der Waals surface area contributed by atoms with Gasteiger partial charge >= 0.3 is 11.9 Å². The summed E-state index contributed by atoms with van der Waals surface area (Å²) in [6, 6.07) is 0. The average Bonchev–Trinajstić information content (AvgIpc) is 2.25. The monoisotopic (exact) mass is 244 g/mol. The Morgan fingerprint density at radius 3 is 2.24 bits per heavy atom. The van der Waals surface area contributed by atoms with Crippen LogP contribution in [0.5, 0.6) is 0 Å². The summed E-state index contributed by atoms with van der Waals surface area (Å²) in [6.07, 6.45) is 2.11. The standard InChI is InChI=1S/C13H24O4/c1-6-7-8-11(14)16-9-17-12(15)13(4,5)10(2)3/h10H,6-9H2,1-5H3. The molecule has 0 aliphatic rings. The van der Waals surface area contributed by atoms with E-state index < -0.39 is 5.41 Å². The molecule has 0 aromatic heterocycles. The summed E-state index contributed by atoms with van der Waals surface area (Å²) in [5.41, 5.74) is -0.560. The highest BCUT2D eigenvalue weighted by atomic mass is 16.7. The second kappa shape index (κ2) is 7.30. The Morgan fingerprint density at radius 1 is 1.18 bits per heavy atom. The maximum Gasteiger partial charge on any atom is 0.314 e. The molecule has 0 aromatic rings. The summed E-state index contributed by atoms with van der Waals surface area (Å²) in [4.78, 5) is 22.8. The fourth-order valence-corrected chi connectivity index (χ4v) is 0.964. The van der Waals surface area contributed by atoms with Gasteiger partial charge in [-0.3, -0.25) is 9.59 Å². The quantitative estimate of drug-likeness (QED) is 0.510. The van der Waals surface area contributed by atoms with Crippen molar-refractivity contribution in [2.75, 3.05) is 6.79 Å². The van der Waals surface area contributed by atoms with E-state index in [1.165, 1.54) is 0 Å². The summed E-state index contributed by atoms with van der Waals surface area (Å²) in [5.74, 6) is -0.483. The molecule has 0 heterocycles. The molecule has 0 spiro atoms. The third-order valence-electron chi connectivity index (χ3n) is 3.11. The smallest absolute Gasteiger partial charge is 0.314 e. The van der Waals surface area contributed by atoms with Crippen LogP contribution in [0.15, 0.2) is 0 Å². The summed E-state index contributed by atoms with van der Waals surface area (Å²) in [6.45, 7) is 9.26.